The molecule has 1 heterocycles. The third-order valence-corrected chi connectivity index (χ3v) is 3.59. The molecule has 8 heteroatoms. The molecule has 0 aliphatic carbocycles. The number of rotatable bonds is 10. The van der Waals surface area contributed by atoms with Crippen LogP contribution in [-0.2, 0) is 13.0 Å². The molecule has 0 radical (unpaired) electrons. The molecule has 0 bridgehead atoms. The average Bonchev–Trinajstić information content (AvgIpc) is 3.10. The van der Waals surface area contributed by atoms with Gasteiger partial charge >= 0.3 is 0 Å². The van der Waals surface area contributed by atoms with Crippen LogP contribution in [0.3, 0.4) is 0 Å². The molecular formula is C18H29IN6O. The van der Waals surface area contributed by atoms with E-state index in [1.807, 2.05) is 30.3 Å². The monoisotopic (exact) mass is 472 g/mol. The van der Waals surface area contributed by atoms with E-state index in [9.17, 15) is 0 Å². The second-order valence-corrected chi connectivity index (χ2v) is 5.50. The molecular weight excluding hydrogens is 443 g/mol. The lowest BCUT2D eigenvalue weighted by atomic mass is 10.3. The zero-order valence-electron chi connectivity index (χ0n) is 15.5. The summed E-state index contributed by atoms with van der Waals surface area (Å²) < 4.78 is 7.74. The number of halogens is 1. The van der Waals surface area contributed by atoms with Gasteiger partial charge in [-0.15, -0.1) is 34.2 Å². The summed E-state index contributed by atoms with van der Waals surface area (Å²) in [4.78, 5) is 4.58. The first kappa shape index (κ1) is 22.2. The molecule has 0 aliphatic heterocycles. The summed E-state index contributed by atoms with van der Waals surface area (Å²) in [5.41, 5.74) is 0. The lowest BCUT2D eigenvalue weighted by Crippen LogP contribution is -2.39. The van der Waals surface area contributed by atoms with Crippen LogP contribution in [0.4, 0.5) is 0 Å². The number of hydrogen-bond acceptors (Lipinski definition) is 4. The van der Waals surface area contributed by atoms with Gasteiger partial charge in [-0.3, -0.25) is 4.99 Å². The van der Waals surface area contributed by atoms with Gasteiger partial charge in [-0.05, 0) is 19.1 Å². The fourth-order valence-corrected chi connectivity index (χ4v) is 2.34. The number of nitrogens with zero attached hydrogens (tertiary/aromatic N) is 4. The lowest BCUT2D eigenvalue weighted by molar-refractivity contribution is 0.313. The quantitative estimate of drug-likeness (QED) is 0.241. The summed E-state index contributed by atoms with van der Waals surface area (Å²) in [6, 6.07) is 9.85. The lowest BCUT2D eigenvalue weighted by Gasteiger charge is -2.12. The van der Waals surface area contributed by atoms with Gasteiger partial charge in [-0.2, -0.15) is 0 Å². The molecule has 0 aliphatic rings. The molecule has 0 amide bonds. The number of nitrogens with one attached hydrogen (secondary N) is 2. The van der Waals surface area contributed by atoms with Gasteiger partial charge in [-0.1, -0.05) is 25.1 Å². The van der Waals surface area contributed by atoms with Gasteiger partial charge in [0.05, 0.1) is 6.61 Å². The van der Waals surface area contributed by atoms with Crippen molar-refractivity contribution < 1.29 is 4.74 Å². The van der Waals surface area contributed by atoms with Crippen LogP contribution in [0.15, 0.2) is 41.7 Å². The Bertz CT molecular complexity index is 632. The molecule has 144 valence electrons. The summed E-state index contributed by atoms with van der Waals surface area (Å²) in [5.74, 6) is 2.73. The van der Waals surface area contributed by atoms with Crippen molar-refractivity contribution in [1.29, 1.82) is 0 Å². The Hall–Kier alpha value is -1.84. The molecule has 1 aromatic carbocycles. The number of benzene rings is 1. The minimum absolute atomic E-state index is 0. The number of aromatic nitrogens is 3. The molecule has 2 aromatic rings. The van der Waals surface area contributed by atoms with Crippen molar-refractivity contribution in [2.45, 2.75) is 33.2 Å². The normalized spacial score (nSPS) is 10.9. The predicted octanol–water partition coefficient (Wildman–Crippen LogP) is 2.48. The SMILES string of the molecule is CCNC(=NCCCOc1ccccc1)NCCn1cnnc1CC.I. The number of guanidine groups is 1. The Morgan fingerprint density at radius 1 is 1.19 bits per heavy atom. The van der Waals surface area contributed by atoms with Crippen LogP contribution in [0.5, 0.6) is 5.75 Å². The molecule has 2 rings (SSSR count). The number of ether oxygens (including phenoxy) is 1. The third kappa shape index (κ3) is 8.03. The van der Waals surface area contributed by atoms with E-state index in [1.165, 1.54) is 0 Å². The Balaban J connectivity index is 0.00000338. The van der Waals surface area contributed by atoms with Gasteiger partial charge in [0.25, 0.3) is 0 Å². The van der Waals surface area contributed by atoms with E-state index in [-0.39, 0.29) is 24.0 Å². The standard InChI is InChI=1S/C18H28N6O.HI/c1-3-17-23-22-15-24(17)13-12-21-18(19-4-2)20-11-8-14-25-16-9-6-5-7-10-16;/h5-7,9-10,15H,3-4,8,11-14H2,1-2H3,(H2,19,20,21);1H. The minimum Gasteiger partial charge on any atom is -0.494 e. The highest BCUT2D eigenvalue weighted by Gasteiger charge is 2.02. The first-order valence-corrected chi connectivity index (χ1v) is 8.90. The van der Waals surface area contributed by atoms with Crippen LogP contribution < -0.4 is 15.4 Å². The van der Waals surface area contributed by atoms with Crippen LogP contribution in [0.25, 0.3) is 0 Å². The average molecular weight is 472 g/mol. The molecule has 0 saturated heterocycles. The van der Waals surface area contributed by atoms with E-state index >= 15 is 0 Å². The first-order chi connectivity index (χ1) is 12.3. The highest BCUT2D eigenvalue weighted by molar-refractivity contribution is 14.0. The van der Waals surface area contributed by atoms with Crippen molar-refractivity contribution in [1.82, 2.24) is 25.4 Å². The summed E-state index contributed by atoms with van der Waals surface area (Å²) in [6.07, 6.45) is 3.53. The topological polar surface area (TPSA) is 76.4 Å². The Kier molecular flexibility index (Phi) is 11.4. The molecule has 26 heavy (non-hydrogen) atoms. The summed E-state index contributed by atoms with van der Waals surface area (Å²) in [5, 5.41) is 14.6. The molecule has 2 N–H and O–H groups in total. The van der Waals surface area contributed by atoms with Crippen molar-refractivity contribution in [3.05, 3.63) is 42.5 Å². The summed E-state index contributed by atoms with van der Waals surface area (Å²) >= 11 is 0. The van der Waals surface area contributed by atoms with Crippen LogP contribution in [0.2, 0.25) is 0 Å². The second kappa shape index (κ2) is 13.4. The van der Waals surface area contributed by atoms with Crippen LogP contribution in [-0.4, -0.2) is 47.0 Å². The Morgan fingerprint density at radius 2 is 2.00 bits per heavy atom. The molecule has 1 aromatic heterocycles. The number of hydrogen-bond donors (Lipinski definition) is 2. The van der Waals surface area contributed by atoms with E-state index in [1.54, 1.807) is 6.33 Å². The largest absolute Gasteiger partial charge is 0.494 e. The molecule has 7 nitrogen and oxygen atoms in total. The van der Waals surface area contributed by atoms with E-state index in [0.717, 1.165) is 56.6 Å². The van der Waals surface area contributed by atoms with E-state index in [0.29, 0.717) is 6.61 Å². The highest BCUT2D eigenvalue weighted by atomic mass is 127. The van der Waals surface area contributed by atoms with E-state index < -0.39 is 0 Å². The van der Waals surface area contributed by atoms with E-state index in [4.69, 9.17) is 4.74 Å². The maximum Gasteiger partial charge on any atom is 0.191 e. The number of para-hydroxylation sites is 1. The van der Waals surface area contributed by atoms with Gasteiger partial charge in [0.15, 0.2) is 5.96 Å². The molecule has 0 fully saturated rings. The Morgan fingerprint density at radius 3 is 2.73 bits per heavy atom. The summed E-state index contributed by atoms with van der Waals surface area (Å²) in [7, 11) is 0. The molecule has 0 spiro atoms. The van der Waals surface area contributed by atoms with Crippen LogP contribution in [0.1, 0.15) is 26.1 Å². The first-order valence-electron chi connectivity index (χ1n) is 8.90. The van der Waals surface area contributed by atoms with Gasteiger partial charge in [0, 0.05) is 39.0 Å². The van der Waals surface area contributed by atoms with E-state index in [2.05, 4.69) is 44.2 Å². The van der Waals surface area contributed by atoms with Crippen LogP contribution in [0, 0.1) is 0 Å². The zero-order valence-corrected chi connectivity index (χ0v) is 17.8. The van der Waals surface area contributed by atoms with Crippen molar-refractivity contribution in [2.24, 2.45) is 4.99 Å². The van der Waals surface area contributed by atoms with Gasteiger partial charge < -0.3 is 19.9 Å². The highest BCUT2D eigenvalue weighted by Crippen LogP contribution is 2.08. The summed E-state index contributed by atoms with van der Waals surface area (Å²) in [6.45, 7) is 7.94. The second-order valence-electron chi connectivity index (χ2n) is 5.50. The molecule has 0 unspecified atom stereocenters. The maximum absolute atomic E-state index is 5.68. The zero-order chi connectivity index (χ0) is 17.7. The van der Waals surface area contributed by atoms with Crippen molar-refractivity contribution >= 4 is 29.9 Å². The van der Waals surface area contributed by atoms with Crippen molar-refractivity contribution in [3.63, 3.8) is 0 Å². The minimum atomic E-state index is 0. The van der Waals surface area contributed by atoms with Crippen LogP contribution >= 0.6 is 24.0 Å². The number of aliphatic imine (C=N–C) groups is 1. The van der Waals surface area contributed by atoms with Gasteiger partial charge in [0.1, 0.15) is 17.9 Å². The fraction of sp³-hybridized carbons (Fsp3) is 0.500. The molecule has 0 saturated carbocycles. The Labute approximate surface area is 172 Å². The predicted molar refractivity (Wildman–Crippen MR) is 115 cm³/mol. The van der Waals surface area contributed by atoms with Gasteiger partial charge in [-0.25, -0.2) is 0 Å². The van der Waals surface area contributed by atoms with Crippen molar-refractivity contribution in [2.75, 3.05) is 26.2 Å². The van der Waals surface area contributed by atoms with Gasteiger partial charge in [0.2, 0.25) is 0 Å². The fourth-order valence-electron chi connectivity index (χ4n) is 2.34. The third-order valence-electron chi connectivity index (χ3n) is 3.59. The maximum atomic E-state index is 5.68. The van der Waals surface area contributed by atoms with Crippen molar-refractivity contribution in [3.8, 4) is 5.75 Å². The molecule has 0 atom stereocenters. The smallest absolute Gasteiger partial charge is 0.191 e. The number of aryl methyl sites for hydroxylation is 1.